The molecule has 13 rings (SSSR count). The third kappa shape index (κ3) is 6.14. The van der Waals surface area contributed by atoms with Crippen molar-refractivity contribution in [2.45, 2.75) is 0 Å². The molecule has 0 fully saturated rings. The van der Waals surface area contributed by atoms with Crippen molar-refractivity contribution in [1.82, 2.24) is 0 Å². The minimum atomic E-state index is 0.0897. The lowest BCUT2D eigenvalue weighted by atomic mass is 9.36. The number of benzene rings is 11. The van der Waals surface area contributed by atoms with Gasteiger partial charge in [0, 0.05) is 33.4 Å². The van der Waals surface area contributed by atoms with Gasteiger partial charge in [0.25, 0.3) is 0 Å². The molecule has 0 N–H and O–H groups in total. The van der Waals surface area contributed by atoms with E-state index in [9.17, 15) is 0 Å². The van der Waals surface area contributed by atoms with E-state index in [0.717, 1.165) is 83.5 Å². The van der Waals surface area contributed by atoms with Crippen LogP contribution < -0.4 is 26.0 Å². The summed E-state index contributed by atoms with van der Waals surface area (Å²) >= 11 is 0. The molecule has 12 aromatic rings. The first-order chi connectivity index (χ1) is 32.8. The summed E-state index contributed by atoms with van der Waals surface area (Å²) in [4.78, 5) is 2.32. The third-order valence-corrected chi connectivity index (χ3v) is 13.4. The van der Waals surface area contributed by atoms with Crippen molar-refractivity contribution in [3.8, 4) is 44.9 Å². The maximum Gasteiger partial charge on any atom is 0.241 e. The minimum absolute atomic E-state index is 0.0897. The lowest BCUT2D eigenvalue weighted by Crippen LogP contribution is -2.52. The highest BCUT2D eigenvalue weighted by atomic mass is 16.5. The molecule has 11 aromatic carbocycles. The van der Waals surface area contributed by atoms with Crippen LogP contribution in [0.2, 0.25) is 0 Å². The van der Waals surface area contributed by atoms with Crippen molar-refractivity contribution < 1.29 is 9.15 Å². The number of nitrogens with zero attached hydrogens (tertiary/aromatic N) is 1. The van der Waals surface area contributed by atoms with Gasteiger partial charge in [-0.3, -0.25) is 0 Å². The third-order valence-electron chi connectivity index (χ3n) is 13.4. The SMILES string of the molecule is c1ccc(B(c2ccccc2)c2cccc3c(-c4ccc5c6c(cccc46)Oc4cc(N(c6ccccc6-c6ccccc6)c6cccc7c6oc6ccccc67)ccc4-5)cccc23)cc1. The van der Waals surface area contributed by atoms with Crippen LogP contribution in [0.4, 0.5) is 17.1 Å². The van der Waals surface area contributed by atoms with Crippen LogP contribution >= 0.6 is 0 Å². The van der Waals surface area contributed by atoms with Gasteiger partial charge in [0.2, 0.25) is 6.71 Å². The van der Waals surface area contributed by atoms with Gasteiger partial charge in [0.1, 0.15) is 17.1 Å². The Bertz CT molecular complexity index is 3770. The van der Waals surface area contributed by atoms with E-state index in [1.54, 1.807) is 0 Å². The first kappa shape index (κ1) is 37.9. The zero-order chi connectivity index (χ0) is 43.6. The summed E-state index contributed by atoms with van der Waals surface area (Å²) in [5, 5.41) is 6.92. The van der Waals surface area contributed by atoms with Crippen molar-refractivity contribution in [2.24, 2.45) is 0 Å². The molecule has 0 bridgehead atoms. The van der Waals surface area contributed by atoms with Crippen LogP contribution in [0.5, 0.6) is 11.5 Å². The van der Waals surface area contributed by atoms with Gasteiger partial charge >= 0.3 is 0 Å². The van der Waals surface area contributed by atoms with Crippen molar-refractivity contribution in [3.05, 3.63) is 243 Å². The summed E-state index contributed by atoms with van der Waals surface area (Å²) < 4.78 is 13.8. The summed E-state index contributed by atoms with van der Waals surface area (Å²) in [6.45, 7) is 0.0897. The molecular formula is C62H40BNO2. The largest absolute Gasteiger partial charge is 0.456 e. The monoisotopic (exact) mass is 841 g/mol. The van der Waals surface area contributed by atoms with Crippen molar-refractivity contribution in [1.29, 1.82) is 0 Å². The second kappa shape index (κ2) is 15.6. The van der Waals surface area contributed by atoms with Gasteiger partial charge in [-0.2, -0.15) is 0 Å². The average Bonchev–Trinajstić information content (AvgIpc) is 3.77. The van der Waals surface area contributed by atoms with Crippen LogP contribution in [0.3, 0.4) is 0 Å². The highest BCUT2D eigenvalue weighted by Gasteiger charge is 2.28. The molecule has 308 valence electrons. The smallest absolute Gasteiger partial charge is 0.241 e. The predicted octanol–water partition coefficient (Wildman–Crippen LogP) is 15.0. The fourth-order valence-corrected chi connectivity index (χ4v) is 10.5. The van der Waals surface area contributed by atoms with E-state index in [0.29, 0.717) is 0 Å². The van der Waals surface area contributed by atoms with E-state index in [4.69, 9.17) is 9.15 Å². The van der Waals surface area contributed by atoms with Crippen molar-refractivity contribution >= 4 is 83.6 Å². The topological polar surface area (TPSA) is 25.6 Å². The Kier molecular flexibility index (Phi) is 8.95. The molecule has 0 amide bonds. The van der Waals surface area contributed by atoms with E-state index >= 15 is 0 Å². The number of para-hydroxylation sites is 3. The summed E-state index contributed by atoms with van der Waals surface area (Å²) in [6.07, 6.45) is 0. The number of hydrogen-bond acceptors (Lipinski definition) is 3. The molecular weight excluding hydrogens is 801 g/mol. The molecule has 0 unspecified atom stereocenters. The standard InChI is InChI=1S/C62H40BNO2/c1-4-18-41(19-5-1)45-24-10-12-32-56(45)64(57-33-16-30-54-50-25-11-13-34-58(50)66-62(54)57)44-36-37-51-53-39-38-48(52-29-17-35-59(61(52)53)65-60(51)40-44)46-26-14-28-49-47(46)27-15-31-55(49)63(42-20-6-2-7-21-42)43-22-8-3-9-23-43/h1-40H. The Morgan fingerprint density at radius 3 is 1.76 bits per heavy atom. The molecule has 1 aliphatic heterocycles. The molecule has 2 heterocycles. The predicted molar refractivity (Wildman–Crippen MR) is 277 cm³/mol. The fraction of sp³-hybridized carbons (Fsp3) is 0. The van der Waals surface area contributed by atoms with Crippen LogP contribution in [0, 0.1) is 0 Å². The van der Waals surface area contributed by atoms with Crippen LogP contribution in [-0.2, 0) is 0 Å². The van der Waals surface area contributed by atoms with Gasteiger partial charge in [-0.1, -0.05) is 217 Å². The molecule has 0 spiro atoms. The van der Waals surface area contributed by atoms with Gasteiger partial charge in [-0.25, -0.2) is 0 Å². The Morgan fingerprint density at radius 1 is 0.348 bits per heavy atom. The molecule has 3 nitrogen and oxygen atoms in total. The maximum absolute atomic E-state index is 7.04. The average molecular weight is 842 g/mol. The first-order valence-electron chi connectivity index (χ1n) is 22.6. The van der Waals surface area contributed by atoms with Crippen LogP contribution in [0.25, 0.3) is 76.9 Å². The Labute approximate surface area is 383 Å². The second-order valence-electron chi connectivity index (χ2n) is 17.1. The van der Waals surface area contributed by atoms with Crippen LogP contribution in [0.1, 0.15) is 0 Å². The van der Waals surface area contributed by atoms with Crippen LogP contribution in [0.15, 0.2) is 247 Å². The zero-order valence-corrected chi connectivity index (χ0v) is 35.9. The van der Waals surface area contributed by atoms with E-state index in [1.807, 2.05) is 12.1 Å². The summed E-state index contributed by atoms with van der Waals surface area (Å²) in [7, 11) is 0. The molecule has 0 atom stereocenters. The number of anilines is 3. The summed E-state index contributed by atoms with van der Waals surface area (Å²) in [5.41, 5.74) is 15.3. The quantitative estimate of drug-likeness (QED) is 0.143. The minimum Gasteiger partial charge on any atom is -0.456 e. The maximum atomic E-state index is 7.04. The molecule has 0 saturated heterocycles. The number of hydrogen-bond donors (Lipinski definition) is 0. The van der Waals surface area contributed by atoms with Gasteiger partial charge < -0.3 is 14.1 Å². The number of rotatable bonds is 8. The Balaban J connectivity index is 0.960. The van der Waals surface area contributed by atoms with Gasteiger partial charge in [-0.05, 0) is 74.8 Å². The highest BCUT2D eigenvalue weighted by Crippen LogP contribution is 2.52. The van der Waals surface area contributed by atoms with E-state index in [2.05, 4.69) is 235 Å². The van der Waals surface area contributed by atoms with E-state index < -0.39 is 0 Å². The first-order valence-corrected chi connectivity index (χ1v) is 22.6. The summed E-state index contributed by atoms with van der Waals surface area (Å²) in [6, 6.07) is 86.9. The van der Waals surface area contributed by atoms with Gasteiger partial charge in [0.05, 0.1) is 17.1 Å². The molecule has 0 aliphatic carbocycles. The zero-order valence-electron chi connectivity index (χ0n) is 35.9. The normalized spacial score (nSPS) is 11.8. The van der Waals surface area contributed by atoms with Gasteiger partial charge in [-0.15, -0.1) is 0 Å². The molecule has 0 radical (unpaired) electrons. The van der Waals surface area contributed by atoms with Gasteiger partial charge in [0.15, 0.2) is 5.58 Å². The van der Waals surface area contributed by atoms with Crippen molar-refractivity contribution in [2.75, 3.05) is 4.90 Å². The van der Waals surface area contributed by atoms with E-state index in [-0.39, 0.29) is 6.71 Å². The van der Waals surface area contributed by atoms with Crippen molar-refractivity contribution in [3.63, 3.8) is 0 Å². The Hall–Kier alpha value is -8.60. The number of fused-ring (bicyclic) bond motifs is 6. The molecule has 4 heteroatoms. The van der Waals surface area contributed by atoms with E-state index in [1.165, 1.54) is 38.3 Å². The van der Waals surface area contributed by atoms with Crippen LogP contribution in [-0.4, -0.2) is 6.71 Å². The lowest BCUT2D eigenvalue weighted by Gasteiger charge is -2.29. The summed E-state index contributed by atoms with van der Waals surface area (Å²) in [5.74, 6) is 1.65. The molecule has 0 saturated carbocycles. The second-order valence-corrected chi connectivity index (χ2v) is 17.1. The number of ether oxygens (including phenoxy) is 1. The molecule has 66 heavy (non-hydrogen) atoms. The fourth-order valence-electron chi connectivity index (χ4n) is 10.5. The molecule has 1 aromatic heterocycles. The highest BCUT2D eigenvalue weighted by molar-refractivity contribution is 6.96. The Morgan fingerprint density at radius 2 is 0.924 bits per heavy atom. The number of furan rings is 1. The molecule has 1 aliphatic rings. The lowest BCUT2D eigenvalue weighted by molar-refractivity contribution is 0.487.